The van der Waals surface area contributed by atoms with E-state index in [9.17, 15) is 9.59 Å². The molecule has 1 heterocycles. The Bertz CT molecular complexity index is 920. The summed E-state index contributed by atoms with van der Waals surface area (Å²) < 4.78 is 6.00. The highest BCUT2D eigenvalue weighted by Gasteiger charge is 2.18. The van der Waals surface area contributed by atoms with E-state index < -0.39 is 0 Å². The maximum Gasteiger partial charge on any atom is 0.256 e. The van der Waals surface area contributed by atoms with Crippen molar-refractivity contribution in [2.24, 2.45) is 0 Å². The average Bonchev–Trinajstić information content (AvgIpc) is 2.78. The summed E-state index contributed by atoms with van der Waals surface area (Å²) in [6.07, 6.45) is 3.29. The van der Waals surface area contributed by atoms with Crippen molar-refractivity contribution in [1.29, 1.82) is 0 Å². The number of aryl methyl sites for hydroxylation is 2. The van der Waals surface area contributed by atoms with Gasteiger partial charge in [0, 0.05) is 38.2 Å². The summed E-state index contributed by atoms with van der Waals surface area (Å²) in [5.74, 6) is 0.804. The number of piperazine rings is 1. The van der Waals surface area contributed by atoms with Crippen LogP contribution in [0.25, 0.3) is 0 Å². The van der Waals surface area contributed by atoms with E-state index in [1.165, 1.54) is 0 Å². The minimum Gasteiger partial charge on any atom is -0.491 e. The SMILES string of the molecule is Cc1ccc(NC(=O)c2ccccc2C)c(OCCCCCC(=O)N2CCN(C)CC2)c1. The van der Waals surface area contributed by atoms with E-state index in [1.54, 1.807) is 0 Å². The summed E-state index contributed by atoms with van der Waals surface area (Å²) in [4.78, 5) is 29.2. The van der Waals surface area contributed by atoms with Gasteiger partial charge in [-0.05, 0) is 69.5 Å². The Kier molecular flexibility index (Phi) is 8.68. The van der Waals surface area contributed by atoms with Crippen molar-refractivity contribution in [2.75, 3.05) is 45.2 Å². The average molecular weight is 438 g/mol. The fourth-order valence-electron chi connectivity index (χ4n) is 3.82. The van der Waals surface area contributed by atoms with E-state index in [0.29, 0.717) is 30.0 Å². The second-order valence-electron chi connectivity index (χ2n) is 8.61. The van der Waals surface area contributed by atoms with Crippen LogP contribution in [0.15, 0.2) is 42.5 Å². The molecule has 1 aliphatic rings. The van der Waals surface area contributed by atoms with Crippen LogP contribution in [0.4, 0.5) is 5.69 Å². The number of unbranched alkanes of at least 4 members (excludes halogenated alkanes) is 2. The van der Waals surface area contributed by atoms with E-state index in [1.807, 2.05) is 61.2 Å². The van der Waals surface area contributed by atoms with Crippen LogP contribution in [0.3, 0.4) is 0 Å². The number of benzene rings is 2. The van der Waals surface area contributed by atoms with Crippen molar-refractivity contribution >= 4 is 17.5 Å². The highest BCUT2D eigenvalue weighted by molar-refractivity contribution is 6.06. The standard InChI is InChI=1S/C26H35N3O3/c1-20-12-13-23(27-26(31)22-10-7-6-9-21(22)2)24(19-20)32-18-8-4-5-11-25(30)29-16-14-28(3)15-17-29/h6-7,9-10,12-13,19H,4-5,8,11,14-18H2,1-3H3,(H,27,31). The highest BCUT2D eigenvalue weighted by Crippen LogP contribution is 2.27. The third kappa shape index (κ3) is 6.82. The fraction of sp³-hybridized carbons (Fsp3) is 0.462. The molecule has 6 heteroatoms. The molecule has 0 radical (unpaired) electrons. The Morgan fingerprint density at radius 1 is 0.969 bits per heavy atom. The zero-order valence-corrected chi connectivity index (χ0v) is 19.5. The number of rotatable bonds is 9. The largest absolute Gasteiger partial charge is 0.491 e. The topological polar surface area (TPSA) is 61.9 Å². The second kappa shape index (κ2) is 11.7. The molecule has 32 heavy (non-hydrogen) atoms. The molecular weight excluding hydrogens is 402 g/mol. The summed E-state index contributed by atoms with van der Waals surface area (Å²) in [6, 6.07) is 13.3. The lowest BCUT2D eigenvalue weighted by molar-refractivity contribution is -0.132. The van der Waals surface area contributed by atoms with Gasteiger partial charge in [0.25, 0.3) is 5.91 Å². The number of nitrogens with one attached hydrogen (secondary N) is 1. The predicted molar refractivity (Wildman–Crippen MR) is 128 cm³/mol. The second-order valence-corrected chi connectivity index (χ2v) is 8.61. The molecule has 3 rings (SSSR count). The molecule has 0 aromatic heterocycles. The number of anilines is 1. The predicted octanol–water partition coefficient (Wildman–Crippen LogP) is 4.27. The number of hydrogen-bond donors (Lipinski definition) is 1. The van der Waals surface area contributed by atoms with Gasteiger partial charge in [-0.25, -0.2) is 0 Å². The molecule has 0 unspecified atom stereocenters. The van der Waals surface area contributed by atoms with Gasteiger partial charge < -0.3 is 19.9 Å². The minimum atomic E-state index is -0.140. The molecule has 1 aliphatic heterocycles. The van der Waals surface area contributed by atoms with Crippen LogP contribution in [-0.2, 0) is 4.79 Å². The number of ether oxygens (including phenoxy) is 1. The van der Waals surface area contributed by atoms with Gasteiger partial charge in [0.1, 0.15) is 5.75 Å². The zero-order chi connectivity index (χ0) is 22.9. The Labute approximate surface area is 191 Å². The lowest BCUT2D eigenvalue weighted by Gasteiger charge is -2.32. The number of carbonyl (C=O) groups is 2. The van der Waals surface area contributed by atoms with Gasteiger partial charge in [0.15, 0.2) is 0 Å². The Morgan fingerprint density at radius 2 is 1.72 bits per heavy atom. The first-order valence-electron chi connectivity index (χ1n) is 11.5. The molecule has 0 bridgehead atoms. The van der Waals surface area contributed by atoms with Crippen molar-refractivity contribution in [3.63, 3.8) is 0 Å². The normalized spacial score (nSPS) is 14.3. The van der Waals surface area contributed by atoms with Crippen molar-refractivity contribution in [2.45, 2.75) is 39.5 Å². The number of hydrogen-bond acceptors (Lipinski definition) is 4. The molecular formula is C26H35N3O3. The van der Waals surface area contributed by atoms with Crippen LogP contribution in [-0.4, -0.2) is 61.4 Å². The van der Waals surface area contributed by atoms with E-state index in [2.05, 4.69) is 17.3 Å². The summed E-state index contributed by atoms with van der Waals surface area (Å²) in [5, 5.41) is 2.98. The molecule has 0 aliphatic carbocycles. The van der Waals surface area contributed by atoms with Crippen LogP contribution in [0.5, 0.6) is 5.75 Å². The molecule has 172 valence electrons. The smallest absolute Gasteiger partial charge is 0.256 e. The third-order valence-electron chi connectivity index (χ3n) is 5.92. The molecule has 1 fully saturated rings. The van der Waals surface area contributed by atoms with Crippen LogP contribution in [0.2, 0.25) is 0 Å². The Balaban J connectivity index is 1.44. The summed E-state index contributed by atoms with van der Waals surface area (Å²) >= 11 is 0. The lowest BCUT2D eigenvalue weighted by atomic mass is 10.1. The van der Waals surface area contributed by atoms with Crippen molar-refractivity contribution in [3.05, 3.63) is 59.2 Å². The first-order valence-corrected chi connectivity index (χ1v) is 11.5. The van der Waals surface area contributed by atoms with Crippen molar-refractivity contribution < 1.29 is 14.3 Å². The monoisotopic (exact) mass is 437 g/mol. The van der Waals surface area contributed by atoms with E-state index in [-0.39, 0.29) is 11.8 Å². The number of amides is 2. The number of nitrogens with zero attached hydrogens (tertiary/aromatic N) is 2. The van der Waals surface area contributed by atoms with Crippen LogP contribution < -0.4 is 10.1 Å². The summed E-state index contributed by atoms with van der Waals surface area (Å²) in [5.41, 5.74) is 3.34. The van der Waals surface area contributed by atoms with Gasteiger partial charge in [-0.15, -0.1) is 0 Å². The van der Waals surface area contributed by atoms with Gasteiger partial charge in [-0.2, -0.15) is 0 Å². The molecule has 0 saturated carbocycles. The van der Waals surface area contributed by atoms with Crippen LogP contribution >= 0.6 is 0 Å². The van der Waals surface area contributed by atoms with Crippen LogP contribution in [0, 0.1) is 13.8 Å². The summed E-state index contributed by atoms with van der Waals surface area (Å²) in [6.45, 7) is 8.07. The maximum atomic E-state index is 12.7. The molecule has 0 spiro atoms. The van der Waals surface area contributed by atoms with Crippen molar-refractivity contribution in [1.82, 2.24) is 9.80 Å². The number of carbonyl (C=O) groups excluding carboxylic acids is 2. The number of likely N-dealkylation sites (N-methyl/N-ethyl adjacent to an activating group) is 1. The van der Waals surface area contributed by atoms with E-state index >= 15 is 0 Å². The quantitative estimate of drug-likeness (QED) is 0.595. The van der Waals surface area contributed by atoms with Gasteiger partial charge >= 0.3 is 0 Å². The molecule has 2 aromatic carbocycles. The molecule has 1 N–H and O–H groups in total. The first kappa shape index (κ1) is 23.8. The zero-order valence-electron chi connectivity index (χ0n) is 19.5. The van der Waals surface area contributed by atoms with Gasteiger partial charge in [0.05, 0.1) is 12.3 Å². The molecule has 2 aromatic rings. The molecule has 6 nitrogen and oxygen atoms in total. The Morgan fingerprint density at radius 3 is 2.47 bits per heavy atom. The highest BCUT2D eigenvalue weighted by atomic mass is 16.5. The first-order chi connectivity index (χ1) is 15.4. The molecule has 1 saturated heterocycles. The van der Waals surface area contributed by atoms with Crippen LogP contribution in [0.1, 0.15) is 47.2 Å². The minimum absolute atomic E-state index is 0.140. The van der Waals surface area contributed by atoms with Gasteiger partial charge in [0.2, 0.25) is 5.91 Å². The van der Waals surface area contributed by atoms with E-state index in [0.717, 1.165) is 56.6 Å². The molecule has 0 atom stereocenters. The lowest BCUT2D eigenvalue weighted by Crippen LogP contribution is -2.47. The fourth-order valence-corrected chi connectivity index (χ4v) is 3.82. The van der Waals surface area contributed by atoms with E-state index in [4.69, 9.17) is 4.74 Å². The van der Waals surface area contributed by atoms with Crippen molar-refractivity contribution in [3.8, 4) is 5.75 Å². The van der Waals surface area contributed by atoms with Gasteiger partial charge in [-0.3, -0.25) is 9.59 Å². The summed E-state index contributed by atoms with van der Waals surface area (Å²) in [7, 11) is 2.09. The Hall–Kier alpha value is -2.86. The van der Waals surface area contributed by atoms with Gasteiger partial charge in [-0.1, -0.05) is 24.3 Å². The molecule has 2 amide bonds. The maximum absolute atomic E-state index is 12.7. The third-order valence-corrected chi connectivity index (χ3v) is 5.92.